The van der Waals surface area contributed by atoms with Crippen LogP contribution in [-0.4, -0.2) is 39.6 Å². The van der Waals surface area contributed by atoms with E-state index in [1.54, 1.807) is 19.2 Å². The minimum absolute atomic E-state index is 0.0121. The summed E-state index contributed by atoms with van der Waals surface area (Å²) in [6.07, 6.45) is -2.95. The number of aryl methyl sites for hydroxylation is 1. The fourth-order valence-corrected chi connectivity index (χ4v) is 4.17. The summed E-state index contributed by atoms with van der Waals surface area (Å²) in [4.78, 5) is 23.2. The topological polar surface area (TPSA) is 93.3 Å². The first kappa shape index (κ1) is 23.4. The lowest BCUT2D eigenvalue weighted by Gasteiger charge is -2.40. The average molecular weight is 473 g/mol. The Labute approximate surface area is 193 Å². The van der Waals surface area contributed by atoms with Crippen molar-refractivity contribution >= 4 is 16.9 Å². The molecule has 4 rings (SSSR count). The van der Waals surface area contributed by atoms with Gasteiger partial charge in [-0.25, -0.2) is 9.78 Å². The lowest BCUT2D eigenvalue weighted by molar-refractivity contribution is -0.274. The van der Waals surface area contributed by atoms with Crippen LogP contribution < -0.4 is 20.1 Å². The molecule has 2 atom stereocenters. The fraction of sp³-hybridized carbons (Fsp3) is 0.391. The van der Waals surface area contributed by atoms with Crippen molar-refractivity contribution in [2.24, 2.45) is 7.05 Å². The summed E-state index contributed by atoms with van der Waals surface area (Å²) in [5.41, 5.74) is 0.893. The van der Waals surface area contributed by atoms with Crippen LogP contribution >= 0.6 is 0 Å². The van der Waals surface area contributed by atoms with E-state index >= 15 is 0 Å². The zero-order valence-corrected chi connectivity index (χ0v) is 18.5. The number of fused-ring (bicyclic) bond motifs is 1. The van der Waals surface area contributed by atoms with Crippen molar-refractivity contribution in [3.8, 4) is 17.6 Å². The summed E-state index contributed by atoms with van der Waals surface area (Å²) in [5, 5.41) is 9.27. The SMILES string of the molecule is CC[C@H]1C[C@H](Oc2ccc(OC(F)(F)F)cc2)CCN1c1nc(=O)n(C)c2ccc(C#N)nc12. The van der Waals surface area contributed by atoms with Crippen LogP contribution in [0.2, 0.25) is 0 Å². The number of nitrogens with zero attached hydrogens (tertiary/aromatic N) is 5. The summed E-state index contributed by atoms with van der Waals surface area (Å²) in [6, 6.07) is 10.6. The number of aromatic nitrogens is 3. The molecule has 3 heterocycles. The molecule has 1 aliphatic heterocycles. The normalized spacial score (nSPS) is 18.5. The number of ether oxygens (including phenoxy) is 2. The first-order chi connectivity index (χ1) is 16.2. The highest BCUT2D eigenvalue weighted by Gasteiger charge is 2.32. The van der Waals surface area contributed by atoms with E-state index in [1.807, 2.05) is 17.9 Å². The molecule has 1 aliphatic rings. The van der Waals surface area contributed by atoms with Crippen molar-refractivity contribution in [2.45, 2.75) is 44.7 Å². The maximum absolute atomic E-state index is 12.5. The predicted octanol–water partition coefficient (Wildman–Crippen LogP) is 3.93. The first-order valence-corrected chi connectivity index (χ1v) is 10.8. The molecule has 3 aromatic rings. The summed E-state index contributed by atoms with van der Waals surface area (Å²) in [5.74, 6) is 0.573. The molecule has 2 aromatic heterocycles. The number of alkyl halides is 3. The van der Waals surface area contributed by atoms with Crippen LogP contribution in [0.3, 0.4) is 0 Å². The zero-order chi connectivity index (χ0) is 24.5. The third-order valence-electron chi connectivity index (χ3n) is 5.82. The van der Waals surface area contributed by atoms with Gasteiger partial charge in [0.15, 0.2) is 5.82 Å². The number of anilines is 1. The van der Waals surface area contributed by atoms with Gasteiger partial charge in [0, 0.05) is 32.5 Å². The number of benzene rings is 1. The Morgan fingerprint density at radius 1 is 1.15 bits per heavy atom. The molecular formula is C23H22F3N5O3. The van der Waals surface area contributed by atoms with Crippen molar-refractivity contribution in [1.29, 1.82) is 5.26 Å². The second-order valence-electron chi connectivity index (χ2n) is 7.99. The molecule has 0 amide bonds. The number of nitriles is 1. The van der Waals surface area contributed by atoms with E-state index in [2.05, 4.69) is 14.7 Å². The summed E-state index contributed by atoms with van der Waals surface area (Å²) in [7, 11) is 1.61. The summed E-state index contributed by atoms with van der Waals surface area (Å²) >= 11 is 0. The molecule has 1 saturated heterocycles. The van der Waals surface area contributed by atoms with Crippen molar-refractivity contribution in [1.82, 2.24) is 14.5 Å². The van der Waals surface area contributed by atoms with E-state index in [0.717, 1.165) is 6.42 Å². The lowest BCUT2D eigenvalue weighted by Crippen LogP contribution is -2.47. The summed E-state index contributed by atoms with van der Waals surface area (Å²) < 4.78 is 48.4. The van der Waals surface area contributed by atoms with E-state index < -0.39 is 12.1 Å². The highest BCUT2D eigenvalue weighted by atomic mass is 19.4. The van der Waals surface area contributed by atoms with Crippen molar-refractivity contribution < 1.29 is 22.6 Å². The number of rotatable bonds is 5. The Bertz CT molecular complexity index is 1280. The Morgan fingerprint density at radius 2 is 1.85 bits per heavy atom. The van der Waals surface area contributed by atoms with Gasteiger partial charge in [0.1, 0.15) is 34.9 Å². The zero-order valence-electron chi connectivity index (χ0n) is 18.5. The van der Waals surface area contributed by atoms with Gasteiger partial charge in [0.05, 0.1) is 5.52 Å². The van der Waals surface area contributed by atoms with E-state index in [4.69, 9.17) is 4.74 Å². The van der Waals surface area contributed by atoms with Gasteiger partial charge in [-0.15, -0.1) is 13.2 Å². The number of pyridine rings is 1. The predicted molar refractivity (Wildman–Crippen MR) is 118 cm³/mol. The van der Waals surface area contributed by atoms with Gasteiger partial charge in [0.2, 0.25) is 0 Å². The Kier molecular flexibility index (Phi) is 6.32. The van der Waals surface area contributed by atoms with Gasteiger partial charge >= 0.3 is 12.1 Å². The highest BCUT2D eigenvalue weighted by Crippen LogP contribution is 2.32. The van der Waals surface area contributed by atoms with Gasteiger partial charge in [-0.05, 0) is 42.8 Å². The van der Waals surface area contributed by atoms with Crippen LogP contribution in [-0.2, 0) is 7.05 Å². The van der Waals surface area contributed by atoms with E-state index in [-0.39, 0.29) is 23.6 Å². The number of piperidine rings is 1. The second kappa shape index (κ2) is 9.21. The quantitative estimate of drug-likeness (QED) is 0.554. The number of hydrogen-bond acceptors (Lipinski definition) is 7. The van der Waals surface area contributed by atoms with Crippen molar-refractivity contribution in [3.05, 3.63) is 52.6 Å². The van der Waals surface area contributed by atoms with Gasteiger partial charge in [-0.3, -0.25) is 4.57 Å². The minimum atomic E-state index is -4.75. The summed E-state index contributed by atoms with van der Waals surface area (Å²) in [6.45, 7) is 2.55. The minimum Gasteiger partial charge on any atom is -0.490 e. The van der Waals surface area contributed by atoms with Gasteiger partial charge in [-0.1, -0.05) is 6.92 Å². The maximum Gasteiger partial charge on any atom is 0.573 e. The van der Waals surface area contributed by atoms with Crippen LogP contribution in [0.25, 0.3) is 11.0 Å². The molecule has 0 N–H and O–H groups in total. The molecule has 0 unspecified atom stereocenters. The molecular weight excluding hydrogens is 451 g/mol. The molecule has 1 fully saturated rings. The van der Waals surface area contributed by atoms with Crippen molar-refractivity contribution in [3.63, 3.8) is 0 Å². The van der Waals surface area contributed by atoms with Gasteiger partial charge < -0.3 is 14.4 Å². The fourth-order valence-electron chi connectivity index (χ4n) is 4.17. The largest absolute Gasteiger partial charge is 0.573 e. The smallest absolute Gasteiger partial charge is 0.490 e. The molecule has 0 aliphatic carbocycles. The van der Waals surface area contributed by atoms with Gasteiger partial charge in [0.25, 0.3) is 0 Å². The van der Waals surface area contributed by atoms with Crippen LogP contribution in [0.15, 0.2) is 41.2 Å². The molecule has 11 heteroatoms. The lowest BCUT2D eigenvalue weighted by atomic mass is 9.97. The molecule has 0 saturated carbocycles. The third kappa shape index (κ3) is 4.90. The molecule has 0 spiro atoms. The van der Waals surface area contributed by atoms with Gasteiger partial charge in [-0.2, -0.15) is 10.2 Å². The Balaban J connectivity index is 1.55. The molecule has 1 aromatic carbocycles. The number of hydrogen-bond donors (Lipinski definition) is 0. The highest BCUT2D eigenvalue weighted by molar-refractivity contribution is 5.86. The Morgan fingerprint density at radius 3 is 2.50 bits per heavy atom. The third-order valence-corrected chi connectivity index (χ3v) is 5.82. The second-order valence-corrected chi connectivity index (χ2v) is 7.99. The molecule has 178 valence electrons. The number of halogens is 3. The average Bonchev–Trinajstić information content (AvgIpc) is 2.81. The van der Waals surface area contributed by atoms with E-state index in [0.29, 0.717) is 42.0 Å². The van der Waals surface area contributed by atoms with Crippen LogP contribution in [0.4, 0.5) is 19.0 Å². The standard InChI is InChI=1S/C23H22F3N5O3/c1-3-15-12-18(33-16-5-7-17(8-6-16)34-23(24,25)26)10-11-31(15)21-20-19(30(2)22(32)29-21)9-4-14(13-27)28-20/h4-9,15,18H,3,10-12H2,1-2H3/t15-,18+/m0/s1. The Hall–Kier alpha value is -3.81. The monoisotopic (exact) mass is 473 g/mol. The molecule has 0 radical (unpaired) electrons. The first-order valence-electron chi connectivity index (χ1n) is 10.8. The molecule has 0 bridgehead atoms. The van der Waals surface area contributed by atoms with Crippen LogP contribution in [0.5, 0.6) is 11.5 Å². The van der Waals surface area contributed by atoms with Crippen molar-refractivity contribution in [2.75, 3.05) is 11.4 Å². The molecule has 8 nitrogen and oxygen atoms in total. The van der Waals surface area contributed by atoms with Crippen LogP contribution in [0, 0.1) is 11.3 Å². The maximum atomic E-state index is 12.5. The molecule has 34 heavy (non-hydrogen) atoms. The van der Waals surface area contributed by atoms with Crippen LogP contribution in [0.1, 0.15) is 31.9 Å². The van der Waals surface area contributed by atoms with E-state index in [9.17, 15) is 23.2 Å². The van der Waals surface area contributed by atoms with E-state index in [1.165, 1.54) is 28.8 Å².